The molecule has 1 unspecified atom stereocenters. The Morgan fingerprint density at radius 3 is 2.76 bits per heavy atom. The third kappa shape index (κ3) is 3.91. The van der Waals surface area contributed by atoms with E-state index in [0.717, 1.165) is 12.8 Å². The number of nitrogens with two attached hydrogens (primary N) is 1. The molecule has 1 aromatic carbocycles. The van der Waals surface area contributed by atoms with Crippen LogP contribution in [0, 0.1) is 10.1 Å². The number of rotatable bonds is 4. The van der Waals surface area contributed by atoms with Gasteiger partial charge in [0.25, 0.3) is 11.6 Å². The van der Waals surface area contributed by atoms with Crippen LogP contribution in [0.2, 0.25) is 0 Å². The van der Waals surface area contributed by atoms with E-state index in [4.69, 9.17) is 10.5 Å². The number of nitro benzene ring substituents is 1. The van der Waals surface area contributed by atoms with Gasteiger partial charge in [0.1, 0.15) is 5.75 Å². The number of carbonyl (C=O) groups is 1. The highest BCUT2D eigenvalue weighted by Crippen LogP contribution is 2.21. The van der Waals surface area contributed by atoms with Gasteiger partial charge >= 0.3 is 0 Å². The molecule has 1 heterocycles. The maximum absolute atomic E-state index is 12.3. The molecule has 1 amide bonds. The summed E-state index contributed by atoms with van der Waals surface area (Å²) in [6.45, 7) is 2.90. The van der Waals surface area contributed by atoms with Crippen molar-refractivity contribution < 1.29 is 14.5 Å². The predicted molar refractivity (Wildman–Crippen MR) is 77.0 cm³/mol. The zero-order chi connectivity index (χ0) is 15.4. The minimum atomic E-state index is -0.679. The zero-order valence-electron chi connectivity index (χ0n) is 11.9. The fraction of sp³-hybridized carbons (Fsp3) is 0.500. The number of ether oxygens (including phenoxy) is 1. The van der Waals surface area contributed by atoms with Gasteiger partial charge in [0, 0.05) is 25.2 Å². The average Bonchev–Trinajstić information content (AvgIpc) is 2.47. The molecule has 21 heavy (non-hydrogen) atoms. The molecule has 0 aliphatic carbocycles. The molecule has 1 aliphatic rings. The van der Waals surface area contributed by atoms with Crippen LogP contribution in [0.15, 0.2) is 24.3 Å². The lowest BCUT2D eigenvalue weighted by Crippen LogP contribution is -2.47. The third-order valence-corrected chi connectivity index (χ3v) is 3.54. The lowest BCUT2D eigenvalue weighted by atomic mass is 10.1. The summed E-state index contributed by atoms with van der Waals surface area (Å²) in [6, 6.07) is 5.98. The lowest BCUT2D eigenvalue weighted by Gasteiger charge is -2.32. The highest BCUT2D eigenvalue weighted by atomic mass is 16.6. The molecule has 0 spiro atoms. The first kappa shape index (κ1) is 15.2. The number of hydrogen-bond donors (Lipinski definition) is 1. The average molecular weight is 293 g/mol. The first-order valence-electron chi connectivity index (χ1n) is 6.93. The number of benzene rings is 1. The second-order valence-corrected chi connectivity index (χ2v) is 5.18. The summed E-state index contributed by atoms with van der Waals surface area (Å²) in [5.74, 6) is 0.201. The number of carbonyl (C=O) groups excluding carboxylic acids is 1. The molecule has 1 fully saturated rings. The second-order valence-electron chi connectivity index (χ2n) is 5.18. The van der Waals surface area contributed by atoms with Crippen molar-refractivity contribution in [2.24, 2.45) is 5.73 Å². The van der Waals surface area contributed by atoms with Crippen LogP contribution in [0.3, 0.4) is 0 Å². The smallest absolute Gasteiger partial charge is 0.273 e. The van der Waals surface area contributed by atoms with E-state index in [1.165, 1.54) is 18.2 Å². The summed E-state index contributed by atoms with van der Waals surface area (Å²) in [5.41, 5.74) is 5.75. The number of non-ortho nitro benzene ring substituents is 1. The van der Waals surface area contributed by atoms with Crippen molar-refractivity contribution in [3.63, 3.8) is 0 Å². The Bertz CT molecular complexity index is 527. The number of likely N-dealkylation sites (tertiary alicyclic amines) is 1. The number of nitrogens with zero attached hydrogens (tertiary/aromatic N) is 2. The Morgan fingerprint density at radius 1 is 1.48 bits per heavy atom. The van der Waals surface area contributed by atoms with Crippen molar-refractivity contribution in [1.82, 2.24) is 4.90 Å². The molecule has 0 bridgehead atoms. The molecule has 1 aliphatic heterocycles. The molecule has 1 atom stereocenters. The van der Waals surface area contributed by atoms with Gasteiger partial charge in [-0.3, -0.25) is 14.9 Å². The largest absolute Gasteiger partial charge is 0.481 e. The molecule has 7 heteroatoms. The first-order chi connectivity index (χ1) is 9.97. The molecule has 0 saturated carbocycles. The van der Waals surface area contributed by atoms with Crippen LogP contribution in [0.25, 0.3) is 0 Å². The molecule has 1 aromatic rings. The fourth-order valence-corrected chi connectivity index (χ4v) is 2.30. The van der Waals surface area contributed by atoms with E-state index in [0.29, 0.717) is 18.8 Å². The zero-order valence-corrected chi connectivity index (χ0v) is 11.9. The molecule has 114 valence electrons. The number of nitro groups is 1. The Morgan fingerprint density at radius 2 is 2.14 bits per heavy atom. The second kappa shape index (κ2) is 6.53. The van der Waals surface area contributed by atoms with Crippen LogP contribution < -0.4 is 10.5 Å². The van der Waals surface area contributed by atoms with Crippen molar-refractivity contribution in [2.75, 3.05) is 13.1 Å². The van der Waals surface area contributed by atoms with E-state index in [1.807, 2.05) is 0 Å². The van der Waals surface area contributed by atoms with E-state index in [9.17, 15) is 14.9 Å². The number of piperidine rings is 1. The van der Waals surface area contributed by atoms with E-state index in [2.05, 4.69) is 0 Å². The molecular formula is C14H19N3O4. The fourth-order valence-electron chi connectivity index (χ4n) is 2.30. The molecule has 7 nitrogen and oxygen atoms in total. The standard InChI is InChI=1S/C14H19N3O4/c1-10(14(18)16-7-5-11(15)6-8-16)21-13-4-2-3-12(9-13)17(19)20/h2-4,9-11H,5-8,15H2,1H3. The summed E-state index contributed by atoms with van der Waals surface area (Å²) in [4.78, 5) is 24.2. The van der Waals surface area contributed by atoms with E-state index < -0.39 is 11.0 Å². The summed E-state index contributed by atoms with van der Waals surface area (Å²) in [7, 11) is 0. The first-order valence-corrected chi connectivity index (χ1v) is 6.93. The number of hydrogen-bond acceptors (Lipinski definition) is 5. The topological polar surface area (TPSA) is 98.7 Å². The van der Waals surface area contributed by atoms with Gasteiger partial charge in [-0.05, 0) is 25.8 Å². The highest BCUT2D eigenvalue weighted by Gasteiger charge is 2.26. The van der Waals surface area contributed by atoms with Crippen molar-refractivity contribution >= 4 is 11.6 Å². The van der Waals surface area contributed by atoms with Crippen LogP contribution in [0.1, 0.15) is 19.8 Å². The SMILES string of the molecule is CC(Oc1cccc([N+](=O)[O-])c1)C(=O)N1CCC(N)CC1. The molecule has 0 aromatic heterocycles. The van der Waals surface area contributed by atoms with Crippen LogP contribution in [-0.4, -0.2) is 41.0 Å². The minimum Gasteiger partial charge on any atom is -0.481 e. The van der Waals surface area contributed by atoms with Gasteiger partial charge in [-0.15, -0.1) is 0 Å². The summed E-state index contributed by atoms with van der Waals surface area (Å²) >= 11 is 0. The van der Waals surface area contributed by atoms with E-state index in [1.54, 1.807) is 17.9 Å². The Labute approximate surface area is 122 Å². The summed E-state index contributed by atoms with van der Waals surface area (Å²) in [6.07, 6.45) is 0.895. The molecule has 1 saturated heterocycles. The maximum Gasteiger partial charge on any atom is 0.273 e. The van der Waals surface area contributed by atoms with Crippen molar-refractivity contribution in [1.29, 1.82) is 0 Å². The Kier molecular flexibility index (Phi) is 4.74. The van der Waals surface area contributed by atoms with Gasteiger partial charge in [0.2, 0.25) is 0 Å². The van der Waals surface area contributed by atoms with Crippen molar-refractivity contribution in [3.8, 4) is 5.75 Å². The van der Waals surface area contributed by atoms with Gasteiger partial charge < -0.3 is 15.4 Å². The monoisotopic (exact) mass is 293 g/mol. The van der Waals surface area contributed by atoms with Crippen LogP contribution >= 0.6 is 0 Å². The number of amides is 1. The summed E-state index contributed by atoms with van der Waals surface area (Å²) < 4.78 is 5.52. The van der Waals surface area contributed by atoms with E-state index >= 15 is 0 Å². The van der Waals surface area contributed by atoms with Gasteiger partial charge in [0.05, 0.1) is 11.0 Å². The van der Waals surface area contributed by atoms with E-state index in [-0.39, 0.29) is 17.6 Å². The van der Waals surface area contributed by atoms with Crippen LogP contribution in [-0.2, 0) is 4.79 Å². The third-order valence-electron chi connectivity index (χ3n) is 3.54. The van der Waals surface area contributed by atoms with Gasteiger partial charge in [-0.2, -0.15) is 0 Å². The van der Waals surface area contributed by atoms with Gasteiger partial charge in [-0.1, -0.05) is 6.07 Å². The molecule has 2 rings (SSSR count). The Hall–Kier alpha value is -2.15. The van der Waals surface area contributed by atoms with Gasteiger partial charge in [-0.25, -0.2) is 0 Å². The van der Waals surface area contributed by atoms with Crippen LogP contribution in [0.4, 0.5) is 5.69 Å². The van der Waals surface area contributed by atoms with Crippen molar-refractivity contribution in [2.45, 2.75) is 31.9 Å². The summed E-state index contributed by atoms with van der Waals surface area (Å²) in [5, 5.41) is 10.7. The Balaban J connectivity index is 1.97. The molecule has 0 radical (unpaired) electrons. The minimum absolute atomic E-state index is 0.0592. The quantitative estimate of drug-likeness (QED) is 0.666. The lowest BCUT2D eigenvalue weighted by molar-refractivity contribution is -0.384. The normalized spacial score (nSPS) is 17.3. The molecule has 2 N–H and O–H groups in total. The van der Waals surface area contributed by atoms with Crippen LogP contribution in [0.5, 0.6) is 5.75 Å². The molecular weight excluding hydrogens is 274 g/mol. The van der Waals surface area contributed by atoms with Crippen molar-refractivity contribution in [3.05, 3.63) is 34.4 Å². The highest BCUT2D eigenvalue weighted by molar-refractivity contribution is 5.81. The maximum atomic E-state index is 12.3. The van der Waals surface area contributed by atoms with Gasteiger partial charge in [0.15, 0.2) is 6.10 Å². The predicted octanol–water partition coefficient (Wildman–Crippen LogP) is 1.31.